The Morgan fingerprint density at radius 1 is 1.41 bits per heavy atom. The molecule has 5 nitrogen and oxygen atoms in total. The maximum atomic E-state index is 10.8. The third-order valence-electron chi connectivity index (χ3n) is 3.02. The minimum atomic E-state index is -3.38. The van der Waals surface area contributed by atoms with Gasteiger partial charge in [0.25, 0.3) is 0 Å². The molecule has 0 spiro atoms. The molecule has 0 bridgehead atoms. The van der Waals surface area contributed by atoms with Crippen molar-refractivity contribution in [3.05, 3.63) is 29.3 Å². The van der Waals surface area contributed by atoms with Crippen LogP contribution in [0.3, 0.4) is 0 Å². The van der Waals surface area contributed by atoms with Crippen molar-refractivity contribution in [3.8, 4) is 0 Å². The van der Waals surface area contributed by atoms with Gasteiger partial charge >= 0.3 is 0 Å². The molecule has 1 unspecified atom stereocenters. The van der Waals surface area contributed by atoms with E-state index in [2.05, 4.69) is 5.32 Å². The van der Waals surface area contributed by atoms with Crippen LogP contribution >= 0.6 is 0 Å². The molecule has 0 amide bonds. The Morgan fingerprint density at radius 2 is 2.18 bits per heavy atom. The number of aryl methyl sites for hydroxylation is 1. The molecule has 0 saturated heterocycles. The predicted molar refractivity (Wildman–Crippen MR) is 67.9 cm³/mol. The third kappa shape index (κ3) is 3.18. The summed E-state index contributed by atoms with van der Waals surface area (Å²) in [5.41, 5.74) is 8.95. The highest BCUT2D eigenvalue weighted by atomic mass is 32.2. The Hall–Kier alpha value is -1.11. The van der Waals surface area contributed by atoms with Crippen molar-refractivity contribution < 1.29 is 8.42 Å². The monoisotopic (exact) mass is 255 g/mol. The lowest BCUT2D eigenvalue weighted by Gasteiger charge is -2.13. The van der Waals surface area contributed by atoms with Crippen LogP contribution in [0.5, 0.6) is 0 Å². The Morgan fingerprint density at radius 3 is 2.88 bits per heavy atom. The summed E-state index contributed by atoms with van der Waals surface area (Å²) >= 11 is 0. The quantitative estimate of drug-likeness (QED) is 0.666. The van der Waals surface area contributed by atoms with Gasteiger partial charge in [-0.1, -0.05) is 6.07 Å². The summed E-state index contributed by atoms with van der Waals surface area (Å²) in [5.74, 6) is -0.0339. The largest absolute Gasteiger partial charge is 0.399 e. The molecule has 1 aliphatic rings. The number of benzene rings is 1. The number of anilines is 1. The van der Waals surface area contributed by atoms with E-state index in [1.54, 1.807) is 0 Å². The number of nitrogens with two attached hydrogens (primary N) is 2. The number of nitrogen functional groups attached to an aromatic ring is 1. The van der Waals surface area contributed by atoms with Crippen molar-refractivity contribution in [3.63, 3.8) is 0 Å². The molecule has 0 aliphatic heterocycles. The van der Waals surface area contributed by atoms with Gasteiger partial charge in [-0.25, -0.2) is 13.6 Å². The van der Waals surface area contributed by atoms with Crippen molar-refractivity contribution >= 4 is 15.7 Å². The molecule has 0 fully saturated rings. The van der Waals surface area contributed by atoms with E-state index in [1.165, 1.54) is 11.1 Å². The number of sulfonamides is 1. The van der Waals surface area contributed by atoms with E-state index in [1.807, 2.05) is 18.2 Å². The van der Waals surface area contributed by atoms with Crippen LogP contribution in [-0.2, 0) is 16.4 Å². The first-order valence-electron chi connectivity index (χ1n) is 5.58. The highest BCUT2D eigenvalue weighted by Crippen LogP contribution is 2.32. The SMILES string of the molecule is Nc1ccc2c(c1)CCC2NCCS(N)(=O)=O. The average Bonchev–Trinajstić information content (AvgIpc) is 2.59. The van der Waals surface area contributed by atoms with Gasteiger partial charge in [-0.15, -0.1) is 0 Å². The molecule has 1 aromatic carbocycles. The van der Waals surface area contributed by atoms with E-state index in [0.29, 0.717) is 6.54 Å². The van der Waals surface area contributed by atoms with Gasteiger partial charge < -0.3 is 11.1 Å². The fourth-order valence-corrected chi connectivity index (χ4v) is 2.63. The summed E-state index contributed by atoms with van der Waals surface area (Å²) in [7, 11) is -3.38. The zero-order valence-electron chi connectivity index (χ0n) is 9.52. The molecule has 5 N–H and O–H groups in total. The van der Waals surface area contributed by atoms with E-state index in [4.69, 9.17) is 10.9 Å². The smallest absolute Gasteiger partial charge is 0.210 e. The summed E-state index contributed by atoms with van der Waals surface area (Å²) in [6.07, 6.45) is 1.96. The Balaban J connectivity index is 1.98. The standard InChI is InChI=1S/C11H17N3O2S/c12-9-2-3-10-8(7-9)1-4-11(10)14-5-6-17(13,15)16/h2-3,7,11,14H,1,4-6,12H2,(H2,13,15,16). The van der Waals surface area contributed by atoms with Gasteiger partial charge in [-0.2, -0.15) is 0 Å². The highest BCUT2D eigenvalue weighted by molar-refractivity contribution is 7.89. The topological polar surface area (TPSA) is 98.2 Å². The van der Waals surface area contributed by atoms with E-state index in [-0.39, 0.29) is 11.8 Å². The molecule has 6 heteroatoms. The zero-order valence-corrected chi connectivity index (χ0v) is 10.3. The van der Waals surface area contributed by atoms with E-state index >= 15 is 0 Å². The lowest BCUT2D eigenvalue weighted by atomic mass is 10.1. The second kappa shape index (κ2) is 4.64. The molecule has 1 aliphatic carbocycles. The first-order chi connectivity index (χ1) is 7.96. The molecule has 0 radical (unpaired) electrons. The molecule has 0 heterocycles. The summed E-state index contributed by atoms with van der Waals surface area (Å²) in [5, 5.41) is 8.16. The van der Waals surface area contributed by atoms with Crippen LogP contribution < -0.4 is 16.2 Å². The maximum absolute atomic E-state index is 10.8. The van der Waals surface area contributed by atoms with Crippen LogP contribution in [0.4, 0.5) is 5.69 Å². The lowest BCUT2D eigenvalue weighted by molar-refractivity contribution is 0.542. The number of fused-ring (bicyclic) bond motifs is 1. The van der Waals surface area contributed by atoms with Gasteiger partial charge in [-0.05, 0) is 36.1 Å². The summed E-state index contributed by atoms with van der Waals surface area (Å²) in [6.45, 7) is 0.382. The van der Waals surface area contributed by atoms with Crippen LogP contribution in [0, 0.1) is 0 Å². The minimum Gasteiger partial charge on any atom is -0.399 e. The van der Waals surface area contributed by atoms with Crippen molar-refractivity contribution in [2.24, 2.45) is 5.14 Å². The average molecular weight is 255 g/mol. The summed E-state index contributed by atoms with van der Waals surface area (Å²) in [6, 6.07) is 6.08. The first kappa shape index (κ1) is 12.3. The van der Waals surface area contributed by atoms with E-state index in [9.17, 15) is 8.42 Å². The maximum Gasteiger partial charge on any atom is 0.210 e. The van der Waals surface area contributed by atoms with Crippen molar-refractivity contribution in [1.82, 2.24) is 5.32 Å². The van der Waals surface area contributed by atoms with E-state index < -0.39 is 10.0 Å². The molecule has 0 saturated carbocycles. The van der Waals surface area contributed by atoms with Gasteiger partial charge in [0.2, 0.25) is 10.0 Å². The number of nitrogens with one attached hydrogen (secondary N) is 1. The molecule has 17 heavy (non-hydrogen) atoms. The summed E-state index contributed by atoms with van der Waals surface area (Å²) < 4.78 is 21.6. The lowest BCUT2D eigenvalue weighted by Crippen LogP contribution is -2.29. The third-order valence-corrected chi connectivity index (χ3v) is 3.80. The van der Waals surface area contributed by atoms with Crippen molar-refractivity contribution in [2.75, 3.05) is 18.0 Å². The van der Waals surface area contributed by atoms with Crippen LogP contribution in [0.2, 0.25) is 0 Å². The first-order valence-corrected chi connectivity index (χ1v) is 7.29. The van der Waals surface area contributed by atoms with Gasteiger partial charge in [0, 0.05) is 18.3 Å². The second-order valence-corrected chi connectivity index (χ2v) is 6.10. The predicted octanol–water partition coefficient (Wildman–Crippen LogP) is 0.134. The van der Waals surface area contributed by atoms with E-state index in [0.717, 1.165) is 18.5 Å². The van der Waals surface area contributed by atoms with Crippen LogP contribution in [0.25, 0.3) is 0 Å². The molecular formula is C11H17N3O2S. The van der Waals surface area contributed by atoms with Gasteiger partial charge in [0.1, 0.15) is 0 Å². The number of hydrogen-bond donors (Lipinski definition) is 3. The summed E-state index contributed by atoms with van der Waals surface area (Å²) in [4.78, 5) is 0. The highest BCUT2D eigenvalue weighted by Gasteiger charge is 2.21. The second-order valence-electron chi connectivity index (χ2n) is 4.37. The number of rotatable bonds is 4. The molecule has 94 valence electrons. The molecule has 0 aromatic heterocycles. The zero-order chi connectivity index (χ0) is 12.5. The molecular weight excluding hydrogens is 238 g/mol. The van der Waals surface area contributed by atoms with Crippen LogP contribution in [-0.4, -0.2) is 20.7 Å². The number of hydrogen-bond acceptors (Lipinski definition) is 4. The fraction of sp³-hybridized carbons (Fsp3) is 0.455. The van der Waals surface area contributed by atoms with Gasteiger partial charge in [0.05, 0.1) is 5.75 Å². The Labute approximate surface area is 101 Å². The van der Waals surface area contributed by atoms with Crippen LogP contribution in [0.1, 0.15) is 23.6 Å². The molecule has 1 aromatic rings. The fourth-order valence-electron chi connectivity index (χ4n) is 2.22. The number of primary sulfonamides is 1. The van der Waals surface area contributed by atoms with Crippen LogP contribution in [0.15, 0.2) is 18.2 Å². The molecule has 1 atom stereocenters. The Kier molecular flexibility index (Phi) is 3.37. The Bertz CT molecular complexity index is 513. The normalized spacial score (nSPS) is 19.2. The van der Waals surface area contributed by atoms with Crippen molar-refractivity contribution in [2.45, 2.75) is 18.9 Å². The van der Waals surface area contributed by atoms with Gasteiger partial charge in [-0.3, -0.25) is 0 Å². The molecule has 2 rings (SSSR count). The van der Waals surface area contributed by atoms with Crippen molar-refractivity contribution in [1.29, 1.82) is 0 Å². The minimum absolute atomic E-state index is 0.0339. The van der Waals surface area contributed by atoms with Gasteiger partial charge in [0.15, 0.2) is 0 Å².